The molecule has 0 aliphatic heterocycles. The van der Waals surface area contributed by atoms with Crippen molar-refractivity contribution in [3.05, 3.63) is 18.0 Å². The van der Waals surface area contributed by atoms with Crippen molar-refractivity contribution in [2.45, 2.75) is 6.04 Å². The molecule has 0 spiro atoms. The van der Waals surface area contributed by atoms with E-state index in [-0.39, 0.29) is 0 Å². The second kappa shape index (κ2) is 3.36. The number of nitrogens with two attached hydrogens (primary N) is 1. The number of nitrogens with zero attached hydrogens (tertiary/aromatic N) is 2. The lowest BCUT2D eigenvalue weighted by atomic mass is 10.2. The summed E-state index contributed by atoms with van der Waals surface area (Å²) < 4.78 is 6.03. The van der Waals surface area contributed by atoms with E-state index < -0.39 is 12.0 Å². The van der Waals surface area contributed by atoms with Crippen LogP contribution in [0.4, 0.5) is 0 Å². The third kappa shape index (κ3) is 1.45. The number of ether oxygens (including phenoxy) is 1. The van der Waals surface area contributed by atoms with E-state index in [4.69, 9.17) is 5.73 Å². The summed E-state index contributed by atoms with van der Waals surface area (Å²) in [5.41, 5.74) is 6.20. The average Bonchev–Trinajstić information content (AvgIpc) is 2.48. The largest absolute Gasteiger partial charge is 0.468 e. The summed E-state index contributed by atoms with van der Waals surface area (Å²) in [6.07, 6.45) is 1.58. The number of hydrogen-bond donors (Lipinski definition) is 1. The second-order valence-corrected chi connectivity index (χ2v) is 2.38. The van der Waals surface area contributed by atoms with Crippen molar-refractivity contribution in [2.75, 3.05) is 7.11 Å². The third-order valence-electron chi connectivity index (χ3n) is 1.63. The predicted octanol–water partition coefficient (Wildman–Crippen LogP) is -0.407. The van der Waals surface area contributed by atoms with E-state index in [1.807, 2.05) is 0 Å². The molecule has 0 aromatic carbocycles. The Hall–Kier alpha value is -1.36. The number of carbonyl (C=O) groups excluding carboxylic acids is 1. The van der Waals surface area contributed by atoms with Gasteiger partial charge in [-0.1, -0.05) is 0 Å². The van der Waals surface area contributed by atoms with E-state index >= 15 is 0 Å². The molecule has 0 aliphatic carbocycles. The van der Waals surface area contributed by atoms with Gasteiger partial charge in [0, 0.05) is 13.2 Å². The number of hydrogen-bond acceptors (Lipinski definition) is 4. The Kier molecular flexibility index (Phi) is 2.44. The van der Waals surface area contributed by atoms with Crippen LogP contribution in [0.5, 0.6) is 0 Å². The summed E-state index contributed by atoms with van der Waals surface area (Å²) in [6.45, 7) is 0. The van der Waals surface area contributed by atoms with Crippen molar-refractivity contribution in [1.82, 2.24) is 9.78 Å². The van der Waals surface area contributed by atoms with Crippen LogP contribution in [0.2, 0.25) is 0 Å². The molecule has 0 fully saturated rings. The molecule has 12 heavy (non-hydrogen) atoms. The lowest BCUT2D eigenvalue weighted by Crippen LogP contribution is -2.24. The molecule has 5 heteroatoms. The molecular weight excluding hydrogens is 158 g/mol. The molecule has 1 aromatic heterocycles. The van der Waals surface area contributed by atoms with Gasteiger partial charge in [-0.15, -0.1) is 0 Å². The van der Waals surface area contributed by atoms with E-state index in [2.05, 4.69) is 9.84 Å². The van der Waals surface area contributed by atoms with Gasteiger partial charge < -0.3 is 10.5 Å². The molecule has 1 heterocycles. The first kappa shape index (κ1) is 8.73. The van der Waals surface area contributed by atoms with Crippen molar-refractivity contribution in [2.24, 2.45) is 12.8 Å². The van der Waals surface area contributed by atoms with Gasteiger partial charge in [0.05, 0.1) is 12.8 Å². The number of rotatable bonds is 2. The van der Waals surface area contributed by atoms with Crippen molar-refractivity contribution in [1.29, 1.82) is 0 Å². The number of carbonyl (C=O) groups is 1. The van der Waals surface area contributed by atoms with Gasteiger partial charge in [0.15, 0.2) is 0 Å². The average molecular weight is 169 g/mol. The van der Waals surface area contributed by atoms with E-state index in [0.29, 0.717) is 5.69 Å². The Bertz CT molecular complexity index is 282. The molecule has 1 rings (SSSR count). The van der Waals surface area contributed by atoms with Crippen LogP contribution in [-0.4, -0.2) is 22.9 Å². The van der Waals surface area contributed by atoms with Gasteiger partial charge in [0.2, 0.25) is 0 Å². The lowest BCUT2D eigenvalue weighted by molar-refractivity contribution is -0.142. The Morgan fingerprint density at radius 3 is 2.92 bits per heavy atom. The quantitative estimate of drug-likeness (QED) is 0.611. The maximum Gasteiger partial charge on any atom is 0.328 e. The Morgan fingerprint density at radius 2 is 2.50 bits per heavy atom. The molecule has 1 unspecified atom stereocenters. The number of methoxy groups -OCH3 is 1. The molecule has 2 N–H and O–H groups in total. The maximum atomic E-state index is 11.0. The van der Waals surface area contributed by atoms with Crippen LogP contribution in [-0.2, 0) is 16.6 Å². The third-order valence-corrected chi connectivity index (χ3v) is 1.63. The summed E-state index contributed by atoms with van der Waals surface area (Å²) >= 11 is 0. The lowest BCUT2D eigenvalue weighted by Gasteiger charge is -2.08. The van der Waals surface area contributed by atoms with Crippen molar-refractivity contribution in [3.63, 3.8) is 0 Å². The normalized spacial score (nSPS) is 12.6. The summed E-state index contributed by atoms with van der Waals surface area (Å²) in [5.74, 6) is -0.460. The van der Waals surface area contributed by atoms with Crippen LogP contribution < -0.4 is 5.73 Å². The van der Waals surface area contributed by atoms with E-state index in [9.17, 15) is 4.79 Å². The Morgan fingerprint density at radius 1 is 1.83 bits per heavy atom. The molecule has 5 nitrogen and oxygen atoms in total. The van der Waals surface area contributed by atoms with Crippen LogP contribution in [0.1, 0.15) is 11.7 Å². The van der Waals surface area contributed by atoms with Gasteiger partial charge in [-0.3, -0.25) is 4.68 Å². The minimum atomic E-state index is -0.748. The molecule has 0 aliphatic rings. The molecule has 66 valence electrons. The summed E-state index contributed by atoms with van der Waals surface area (Å²) in [4.78, 5) is 11.0. The first-order valence-electron chi connectivity index (χ1n) is 3.48. The van der Waals surface area contributed by atoms with Crippen molar-refractivity contribution >= 4 is 5.97 Å². The van der Waals surface area contributed by atoms with Gasteiger partial charge >= 0.3 is 5.97 Å². The monoisotopic (exact) mass is 169 g/mol. The minimum absolute atomic E-state index is 0.460. The zero-order valence-electron chi connectivity index (χ0n) is 7.02. The van der Waals surface area contributed by atoms with Crippen LogP contribution in [0.3, 0.4) is 0 Å². The first-order valence-corrected chi connectivity index (χ1v) is 3.48. The van der Waals surface area contributed by atoms with Crippen LogP contribution in [0.25, 0.3) is 0 Å². The number of aromatic nitrogens is 2. The summed E-state index contributed by atoms with van der Waals surface area (Å²) in [6, 6.07) is 0.934. The smallest absolute Gasteiger partial charge is 0.328 e. The number of aryl methyl sites for hydroxylation is 1. The van der Waals surface area contributed by atoms with Crippen LogP contribution >= 0.6 is 0 Å². The fourth-order valence-corrected chi connectivity index (χ4v) is 0.937. The van der Waals surface area contributed by atoms with E-state index in [1.54, 1.807) is 24.0 Å². The molecule has 1 atom stereocenters. The standard InChI is InChI=1S/C7H11N3O2/c1-10-5(3-4-9-10)6(8)7(11)12-2/h3-4,6H,8H2,1-2H3. The maximum absolute atomic E-state index is 11.0. The van der Waals surface area contributed by atoms with Gasteiger partial charge in [-0.25, -0.2) is 4.79 Å². The Balaban J connectivity index is 2.84. The van der Waals surface area contributed by atoms with Crippen molar-refractivity contribution in [3.8, 4) is 0 Å². The fraction of sp³-hybridized carbons (Fsp3) is 0.429. The Labute approximate surface area is 70.1 Å². The van der Waals surface area contributed by atoms with E-state index in [1.165, 1.54) is 7.11 Å². The molecule has 0 bridgehead atoms. The van der Waals surface area contributed by atoms with Crippen LogP contribution in [0.15, 0.2) is 12.3 Å². The summed E-state index contributed by atoms with van der Waals surface area (Å²) in [5, 5.41) is 3.88. The van der Waals surface area contributed by atoms with Crippen molar-refractivity contribution < 1.29 is 9.53 Å². The molecule has 1 aromatic rings. The van der Waals surface area contributed by atoms with Crippen LogP contribution in [0, 0.1) is 0 Å². The zero-order chi connectivity index (χ0) is 9.14. The highest BCUT2D eigenvalue weighted by Gasteiger charge is 2.18. The number of esters is 1. The molecular formula is C7H11N3O2. The topological polar surface area (TPSA) is 70.1 Å². The highest BCUT2D eigenvalue weighted by molar-refractivity contribution is 5.76. The first-order chi connectivity index (χ1) is 5.66. The highest BCUT2D eigenvalue weighted by atomic mass is 16.5. The van der Waals surface area contributed by atoms with E-state index in [0.717, 1.165) is 0 Å². The predicted molar refractivity (Wildman–Crippen MR) is 42.2 cm³/mol. The molecule has 0 amide bonds. The minimum Gasteiger partial charge on any atom is -0.468 e. The molecule has 0 saturated heterocycles. The van der Waals surface area contributed by atoms with Gasteiger partial charge in [0.1, 0.15) is 6.04 Å². The highest BCUT2D eigenvalue weighted by Crippen LogP contribution is 2.08. The van der Waals surface area contributed by atoms with Gasteiger partial charge in [-0.05, 0) is 6.07 Å². The second-order valence-electron chi connectivity index (χ2n) is 2.38. The fourth-order valence-electron chi connectivity index (χ4n) is 0.937. The SMILES string of the molecule is COC(=O)C(N)c1ccnn1C. The van der Waals surface area contributed by atoms with Gasteiger partial charge in [0.25, 0.3) is 0 Å². The van der Waals surface area contributed by atoms with Gasteiger partial charge in [-0.2, -0.15) is 5.10 Å². The summed E-state index contributed by atoms with van der Waals surface area (Å²) in [7, 11) is 3.02. The zero-order valence-corrected chi connectivity index (χ0v) is 7.02. The molecule has 0 radical (unpaired) electrons. The molecule has 0 saturated carbocycles.